The summed E-state index contributed by atoms with van der Waals surface area (Å²) in [7, 11) is 3.58. The van der Waals surface area contributed by atoms with Crippen LogP contribution in [0.4, 0.5) is 0 Å². The Morgan fingerprint density at radius 3 is 2.80 bits per heavy atom. The van der Waals surface area contributed by atoms with Crippen molar-refractivity contribution in [1.82, 2.24) is 25.8 Å². The highest BCUT2D eigenvalue weighted by molar-refractivity contribution is 14.0. The molecule has 0 fully saturated rings. The Morgan fingerprint density at radius 2 is 2.20 bits per heavy atom. The lowest BCUT2D eigenvalue weighted by molar-refractivity contribution is 0.866. The predicted molar refractivity (Wildman–Crippen MR) is 91.2 cm³/mol. The van der Waals surface area contributed by atoms with E-state index < -0.39 is 0 Å². The number of halogens is 1. The molecule has 0 bridgehead atoms. The normalized spacial score (nSPS) is 10.8. The number of hydrogen-bond donors (Lipinski definition) is 3. The Balaban J connectivity index is 0.00000200. The van der Waals surface area contributed by atoms with Crippen molar-refractivity contribution in [2.75, 3.05) is 14.1 Å². The van der Waals surface area contributed by atoms with Gasteiger partial charge in [-0.3, -0.25) is 10.1 Å². The van der Waals surface area contributed by atoms with Crippen molar-refractivity contribution in [2.24, 2.45) is 4.99 Å². The molecule has 1 heterocycles. The maximum atomic E-state index is 4.33. The molecule has 0 aliphatic carbocycles. The minimum absolute atomic E-state index is 0. The zero-order valence-corrected chi connectivity index (χ0v) is 14.1. The predicted octanol–water partition coefficient (Wildman–Crippen LogP) is 1.69. The van der Waals surface area contributed by atoms with Crippen molar-refractivity contribution in [3.8, 4) is 11.4 Å². The second-order valence-corrected chi connectivity index (χ2v) is 4.12. The van der Waals surface area contributed by atoms with Gasteiger partial charge in [0.05, 0.1) is 0 Å². The van der Waals surface area contributed by atoms with Gasteiger partial charge in [0.15, 0.2) is 11.8 Å². The Labute approximate surface area is 135 Å². The van der Waals surface area contributed by atoms with Crippen LogP contribution < -0.4 is 10.6 Å². The summed E-state index contributed by atoms with van der Waals surface area (Å²) < 4.78 is 0. The van der Waals surface area contributed by atoms with Crippen molar-refractivity contribution in [3.05, 3.63) is 35.7 Å². The second kappa shape index (κ2) is 7.83. The molecule has 6 nitrogen and oxygen atoms in total. The molecule has 0 saturated carbocycles. The first-order valence-corrected chi connectivity index (χ1v) is 6.09. The van der Waals surface area contributed by atoms with Gasteiger partial charge in [0, 0.05) is 26.2 Å². The van der Waals surface area contributed by atoms with Crippen LogP contribution in [0.2, 0.25) is 0 Å². The lowest BCUT2D eigenvalue weighted by Crippen LogP contribution is -2.34. The Kier molecular flexibility index (Phi) is 6.43. The smallest absolute Gasteiger partial charge is 0.190 e. The highest BCUT2D eigenvalue weighted by Gasteiger charge is 2.04. The summed E-state index contributed by atoms with van der Waals surface area (Å²) in [4.78, 5) is 8.40. The first kappa shape index (κ1) is 16.4. The van der Waals surface area contributed by atoms with Gasteiger partial charge in [-0.05, 0) is 18.6 Å². The van der Waals surface area contributed by atoms with Crippen LogP contribution in [0, 0.1) is 6.92 Å². The fourth-order valence-corrected chi connectivity index (χ4v) is 1.76. The topological polar surface area (TPSA) is 78.0 Å². The van der Waals surface area contributed by atoms with E-state index in [1.165, 1.54) is 0 Å². The molecule has 0 radical (unpaired) electrons. The van der Waals surface area contributed by atoms with E-state index >= 15 is 0 Å². The molecule has 7 heteroatoms. The number of aryl methyl sites for hydroxylation is 1. The van der Waals surface area contributed by atoms with Crippen LogP contribution in [0.5, 0.6) is 0 Å². The number of rotatable bonds is 3. The van der Waals surface area contributed by atoms with Crippen molar-refractivity contribution >= 4 is 29.9 Å². The summed E-state index contributed by atoms with van der Waals surface area (Å²) >= 11 is 0. The molecule has 0 aliphatic rings. The maximum absolute atomic E-state index is 4.33. The van der Waals surface area contributed by atoms with E-state index in [0.29, 0.717) is 6.54 Å². The van der Waals surface area contributed by atoms with E-state index in [4.69, 9.17) is 0 Å². The van der Waals surface area contributed by atoms with E-state index in [0.717, 1.165) is 28.7 Å². The summed E-state index contributed by atoms with van der Waals surface area (Å²) in [6.07, 6.45) is 0. The van der Waals surface area contributed by atoms with Gasteiger partial charge in [0.1, 0.15) is 5.82 Å². The molecule has 0 unspecified atom stereocenters. The average molecular weight is 386 g/mol. The van der Waals surface area contributed by atoms with Gasteiger partial charge in [-0.15, -0.1) is 24.0 Å². The largest absolute Gasteiger partial charge is 0.359 e. The van der Waals surface area contributed by atoms with Crippen molar-refractivity contribution in [2.45, 2.75) is 13.5 Å². The highest BCUT2D eigenvalue weighted by atomic mass is 127. The molecule has 0 amide bonds. The van der Waals surface area contributed by atoms with Crippen molar-refractivity contribution in [1.29, 1.82) is 0 Å². The molecule has 1 aromatic carbocycles. The Bertz CT molecular complexity index is 578. The molecule has 108 valence electrons. The number of H-pyrrole nitrogens is 1. The maximum Gasteiger partial charge on any atom is 0.190 e. The molecule has 2 aromatic rings. The van der Waals surface area contributed by atoms with E-state index in [1.807, 2.05) is 26.1 Å². The summed E-state index contributed by atoms with van der Waals surface area (Å²) in [6.45, 7) is 2.59. The summed E-state index contributed by atoms with van der Waals surface area (Å²) in [5.74, 6) is 2.30. The standard InChI is InChI=1S/C13H18N6.HI/c1-9-17-12(19-18-9)11-6-4-5-10(7-11)8-16-13(14-2)15-3;/h4-7H,8H2,1-3H3,(H2,14,15,16)(H,17,18,19);1H. The third-order valence-corrected chi connectivity index (χ3v) is 2.70. The minimum atomic E-state index is 0. The van der Waals surface area contributed by atoms with E-state index in [9.17, 15) is 0 Å². The lowest BCUT2D eigenvalue weighted by Gasteiger charge is -2.08. The number of benzene rings is 1. The minimum Gasteiger partial charge on any atom is -0.359 e. The third-order valence-electron chi connectivity index (χ3n) is 2.70. The van der Waals surface area contributed by atoms with Gasteiger partial charge in [0.2, 0.25) is 0 Å². The Morgan fingerprint density at radius 1 is 1.40 bits per heavy atom. The van der Waals surface area contributed by atoms with Crippen molar-refractivity contribution in [3.63, 3.8) is 0 Å². The van der Waals surface area contributed by atoms with E-state index in [-0.39, 0.29) is 24.0 Å². The molecule has 0 saturated heterocycles. The summed E-state index contributed by atoms with van der Waals surface area (Å²) in [6, 6.07) is 8.12. The average Bonchev–Trinajstić information content (AvgIpc) is 2.87. The summed E-state index contributed by atoms with van der Waals surface area (Å²) in [5.41, 5.74) is 2.15. The molecule has 2 rings (SSSR count). The quantitative estimate of drug-likeness (QED) is 0.426. The van der Waals surface area contributed by atoms with E-state index in [2.05, 4.69) is 42.9 Å². The molecule has 1 aromatic heterocycles. The van der Waals surface area contributed by atoms with Crippen LogP contribution in [0.1, 0.15) is 11.4 Å². The monoisotopic (exact) mass is 386 g/mol. The van der Waals surface area contributed by atoms with Gasteiger partial charge in [0.25, 0.3) is 0 Å². The number of hydrogen-bond acceptors (Lipinski definition) is 3. The molecule has 0 aliphatic heterocycles. The number of aliphatic imine (C=N–C) groups is 1. The second-order valence-electron chi connectivity index (χ2n) is 4.12. The van der Waals surface area contributed by atoms with Gasteiger partial charge in [-0.1, -0.05) is 18.2 Å². The van der Waals surface area contributed by atoms with Gasteiger partial charge in [-0.2, -0.15) is 5.10 Å². The third kappa shape index (κ3) is 4.19. The van der Waals surface area contributed by atoms with Gasteiger partial charge < -0.3 is 10.6 Å². The SMILES string of the molecule is CN=C(NC)NCc1cccc(-c2n[nH]c(C)n2)c1.I. The molecule has 20 heavy (non-hydrogen) atoms. The number of aromatic nitrogens is 3. The fourth-order valence-electron chi connectivity index (χ4n) is 1.76. The fraction of sp³-hybridized carbons (Fsp3) is 0.308. The number of aromatic amines is 1. The molecule has 3 N–H and O–H groups in total. The first-order valence-electron chi connectivity index (χ1n) is 6.09. The van der Waals surface area contributed by atoms with Gasteiger partial charge in [-0.25, -0.2) is 4.98 Å². The Hall–Kier alpha value is -1.64. The van der Waals surface area contributed by atoms with Crippen LogP contribution in [-0.4, -0.2) is 35.2 Å². The van der Waals surface area contributed by atoms with Gasteiger partial charge >= 0.3 is 0 Å². The molecular formula is C13H19IN6. The molecule has 0 atom stereocenters. The van der Waals surface area contributed by atoms with Crippen LogP contribution in [0.25, 0.3) is 11.4 Å². The number of guanidine groups is 1. The molecular weight excluding hydrogens is 367 g/mol. The van der Waals surface area contributed by atoms with Crippen LogP contribution >= 0.6 is 24.0 Å². The van der Waals surface area contributed by atoms with Crippen LogP contribution in [0.3, 0.4) is 0 Å². The highest BCUT2D eigenvalue weighted by Crippen LogP contribution is 2.16. The van der Waals surface area contributed by atoms with Crippen LogP contribution in [0.15, 0.2) is 29.3 Å². The van der Waals surface area contributed by atoms with Crippen LogP contribution in [-0.2, 0) is 6.54 Å². The summed E-state index contributed by atoms with van der Waals surface area (Å²) in [5, 5.41) is 13.2. The number of nitrogens with zero attached hydrogens (tertiary/aromatic N) is 3. The van der Waals surface area contributed by atoms with Crippen molar-refractivity contribution < 1.29 is 0 Å². The van der Waals surface area contributed by atoms with E-state index in [1.54, 1.807) is 7.05 Å². The molecule has 0 spiro atoms. The number of nitrogens with one attached hydrogen (secondary N) is 3. The lowest BCUT2D eigenvalue weighted by atomic mass is 10.1. The first-order chi connectivity index (χ1) is 9.22. The zero-order chi connectivity index (χ0) is 13.7. The zero-order valence-electron chi connectivity index (χ0n) is 11.8.